The lowest BCUT2D eigenvalue weighted by Gasteiger charge is -2.35. The van der Waals surface area contributed by atoms with Gasteiger partial charge in [0.2, 0.25) is 0 Å². The van der Waals surface area contributed by atoms with E-state index in [1.807, 2.05) is 4.90 Å². The summed E-state index contributed by atoms with van der Waals surface area (Å²) in [4.78, 5) is 2.05. The van der Waals surface area contributed by atoms with Crippen LogP contribution in [0.3, 0.4) is 0 Å². The molecule has 128 valence electrons. The van der Waals surface area contributed by atoms with Crippen LogP contribution in [-0.2, 0) is 12.7 Å². The van der Waals surface area contributed by atoms with Crippen LogP contribution in [0.25, 0.3) is 0 Å². The zero-order chi connectivity index (χ0) is 16.4. The minimum absolute atomic E-state index is 0.163. The van der Waals surface area contributed by atoms with Crippen LogP contribution in [0.15, 0.2) is 18.2 Å². The van der Waals surface area contributed by atoms with Crippen LogP contribution in [0.1, 0.15) is 36.8 Å². The van der Waals surface area contributed by atoms with Crippen molar-refractivity contribution in [3.63, 3.8) is 0 Å². The number of alkyl halides is 3. The molecule has 0 radical (unpaired) electrons. The lowest BCUT2D eigenvalue weighted by molar-refractivity contribution is -0.138. The summed E-state index contributed by atoms with van der Waals surface area (Å²) in [5, 5.41) is 3.52. The fraction of sp³-hybridized carbons (Fsp3) is 0.647. The first-order valence-electron chi connectivity index (χ1n) is 8.25. The Morgan fingerprint density at radius 2 is 1.87 bits per heavy atom. The van der Waals surface area contributed by atoms with Gasteiger partial charge in [-0.05, 0) is 68.9 Å². The highest BCUT2D eigenvalue weighted by atomic mass is 19.4. The summed E-state index contributed by atoms with van der Waals surface area (Å²) in [6.07, 6.45) is -0.0554. The molecule has 1 N–H and O–H groups in total. The molecule has 1 aromatic rings. The van der Waals surface area contributed by atoms with E-state index in [-0.39, 0.29) is 12.1 Å². The normalized spacial score (nSPS) is 24.3. The van der Waals surface area contributed by atoms with Crippen molar-refractivity contribution in [3.05, 3.63) is 35.1 Å². The maximum Gasteiger partial charge on any atom is 0.416 e. The van der Waals surface area contributed by atoms with Gasteiger partial charge in [-0.15, -0.1) is 0 Å². The number of hydrogen-bond acceptors (Lipinski definition) is 2. The molecule has 0 saturated carbocycles. The highest BCUT2D eigenvalue weighted by Gasteiger charge is 2.35. The predicted octanol–water partition coefficient (Wildman–Crippen LogP) is 3.81. The first-order chi connectivity index (χ1) is 10.9. The molecule has 0 spiro atoms. The van der Waals surface area contributed by atoms with Crippen LogP contribution in [0, 0.1) is 11.7 Å². The molecule has 0 bridgehead atoms. The highest BCUT2D eigenvalue weighted by molar-refractivity contribution is 5.30. The van der Waals surface area contributed by atoms with Crippen molar-refractivity contribution in [1.82, 2.24) is 10.2 Å². The molecule has 0 aromatic heterocycles. The summed E-state index contributed by atoms with van der Waals surface area (Å²) in [7, 11) is 0. The average molecular weight is 330 g/mol. The van der Waals surface area contributed by atoms with E-state index >= 15 is 0 Å². The van der Waals surface area contributed by atoms with E-state index in [1.165, 1.54) is 18.9 Å². The number of nitrogens with zero attached hydrogens (tertiary/aromatic N) is 1. The minimum atomic E-state index is -4.51. The molecule has 1 aromatic carbocycles. The van der Waals surface area contributed by atoms with Gasteiger partial charge >= 0.3 is 6.18 Å². The van der Waals surface area contributed by atoms with Gasteiger partial charge in [-0.2, -0.15) is 13.2 Å². The third-order valence-corrected chi connectivity index (χ3v) is 5.07. The molecule has 2 heterocycles. The molecule has 2 aliphatic heterocycles. The van der Waals surface area contributed by atoms with Crippen molar-refractivity contribution in [2.45, 2.75) is 44.4 Å². The first kappa shape index (κ1) is 16.7. The Hall–Kier alpha value is -1.14. The summed E-state index contributed by atoms with van der Waals surface area (Å²) in [5.74, 6) is -0.212. The van der Waals surface area contributed by atoms with E-state index in [0.29, 0.717) is 18.0 Å². The van der Waals surface area contributed by atoms with Gasteiger partial charge in [-0.1, -0.05) is 6.07 Å². The topological polar surface area (TPSA) is 15.3 Å². The highest BCUT2D eigenvalue weighted by Crippen LogP contribution is 2.34. The van der Waals surface area contributed by atoms with Crippen molar-refractivity contribution < 1.29 is 17.6 Å². The quantitative estimate of drug-likeness (QED) is 0.848. The lowest BCUT2D eigenvalue weighted by atomic mass is 9.88. The van der Waals surface area contributed by atoms with Crippen LogP contribution in [0.4, 0.5) is 17.6 Å². The molecule has 3 rings (SSSR count). The third-order valence-electron chi connectivity index (χ3n) is 5.07. The number of hydrogen-bond donors (Lipinski definition) is 1. The number of likely N-dealkylation sites (tertiary alicyclic amines) is 1. The Morgan fingerprint density at radius 3 is 2.48 bits per heavy atom. The number of piperidine rings is 1. The van der Waals surface area contributed by atoms with E-state index in [4.69, 9.17) is 0 Å². The van der Waals surface area contributed by atoms with Gasteiger partial charge in [-0.3, -0.25) is 4.90 Å². The molecule has 2 aliphatic rings. The summed E-state index contributed by atoms with van der Waals surface area (Å²) >= 11 is 0. The molecule has 2 saturated heterocycles. The fourth-order valence-electron chi connectivity index (χ4n) is 3.82. The van der Waals surface area contributed by atoms with Gasteiger partial charge in [0.25, 0.3) is 0 Å². The summed E-state index contributed by atoms with van der Waals surface area (Å²) in [6.45, 7) is 2.92. The van der Waals surface area contributed by atoms with Crippen LogP contribution < -0.4 is 5.32 Å². The van der Waals surface area contributed by atoms with Crippen LogP contribution in [-0.4, -0.2) is 30.6 Å². The zero-order valence-corrected chi connectivity index (χ0v) is 13.0. The van der Waals surface area contributed by atoms with Crippen LogP contribution in [0.2, 0.25) is 0 Å². The lowest BCUT2D eigenvalue weighted by Crippen LogP contribution is -2.40. The van der Waals surface area contributed by atoms with Gasteiger partial charge in [0, 0.05) is 12.6 Å². The molecular formula is C17H22F4N2. The minimum Gasteiger partial charge on any atom is -0.314 e. The first-order valence-corrected chi connectivity index (χ1v) is 8.25. The van der Waals surface area contributed by atoms with Gasteiger partial charge in [0.05, 0.1) is 5.56 Å². The van der Waals surface area contributed by atoms with Gasteiger partial charge in [0.15, 0.2) is 0 Å². The second-order valence-electron chi connectivity index (χ2n) is 6.62. The standard InChI is InChI=1S/C17H22F4N2/c18-14-4-3-13(15(10-14)17(19,20)21)11-23-8-5-12(6-9-23)16-2-1-7-22-16/h3-4,10,12,16,22H,1-2,5-9,11H2. The summed E-state index contributed by atoms with van der Waals surface area (Å²) in [5.41, 5.74) is -0.687. The Morgan fingerprint density at radius 1 is 1.13 bits per heavy atom. The Kier molecular flexibility index (Phi) is 4.92. The van der Waals surface area contributed by atoms with E-state index in [2.05, 4.69) is 5.32 Å². The Balaban J connectivity index is 1.62. The predicted molar refractivity (Wildman–Crippen MR) is 80.4 cm³/mol. The molecule has 0 amide bonds. The third kappa shape index (κ3) is 4.04. The molecule has 6 heteroatoms. The number of benzene rings is 1. The zero-order valence-electron chi connectivity index (χ0n) is 13.0. The maximum absolute atomic E-state index is 13.2. The second kappa shape index (κ2) is 6.77. The average Bonchev–Trinajstić information content (AvgIpc) is 3.03. The smallest absolute Gasteiger partial charge is 0.314 e. The summed E-state index contributed by atoms with van der Waals surface area (Å²) < 4.78 is 52.3. The van der Waals surface area contributed by atoms with Crippen molar-refractivity contribution >= 4 is 0 Å². The van der Waals surface area contributed by atoms with E-state index in [1.54, 1.807) is 0 Å². The van der Waals surface area contributed by atoms with Crippen molar-refractivity contribution in [1.29, 1.82) is 0 Å². The Labute approximate surface area is 133 Å². The fourth-order valence-corrected chi connectivity index (χ4v) is 3.82. The van der Waals surface area contributed by atoms with E-state index in [0.717, 1.165) is 38.5 Å². The molecule has 0 aliphatic carbocycles. The number of halogens is 4. The van der Waals surface area contributed by atoms with Crippen molar-refractivity contribution in [3.8, 4) is 0 Å². The largest absolute Gasteiger partial charge is 0.416 e. The molecule has 23 heavy (non-hydrogen) atoms. The van der Waals surface area contributed by atoms with Crippen molar-refractivity contribution in [2.75, 3.05) is 19.6 Å². The second-order valence-corrected chi connectivity index (χ2v) is 6.62. The molecular weight excluding hydrogens is 308 g/mol. The van der Waals surface area contributed by atoms with Gasteiger partial charge in [0.1, 0.15) is 5.82 Å². The van der Waals surface area contributed by atoms with E-state index in [9.17, 15) is 17.6 Å². The maximum atomic E-state index is 13.2. The van der Waals surface area contributed by atoms with Gasteiger partial charge < -0.3 is 5.32 Å². The van der Waals surface area contributed by atoms with Gasteiger partial charge in [-0.25, -0.2) is 4.39 Å². The van der Waals surface area contributed by atoms with Crippen LogP contribution in [0.5, 0.6) is 0 Å². The Bertz CT molecular complexity index is 530. The summed E-state index contributed by atoms with van der Waals surface area (Å²) in [6, 6.07) is 3.56. The molecule has 2 fully saturated rings. The monoisotopic (exact) mass is 330 g/mol. The molecule has 1 atom stereocenters. The van der Waals surface area contributed by atoms with Crippen LogP contribution >= 0.6 is 0 Å². The van der Waals surface area contributed by atoms with E-state index < -0.39 is 17.6 Å². The molecule has 1 unspecified atom stereocenters. The number of nitrogens with one attached hydrogen (secondary N) is 1. The molecule has 2 nitrogen and oxygen atoms in total. The number of rotatable bonds is 3. The SMILES string of the molecule is Fc1ccc(CN2CCC(C3CCCN3)CC2)c(C(F)(F)F)c1. The van der Waals surface area contributed by atoms with Crippen molar-refractivity contribution in [2.24, 2.45) is 5.92 Å².